The Morgan fingerprint density at radius 1 is 0.949 bits per heavy atom. The maximum absolute atomic E-state index is 13.9. The smallest absolute Gasteiger partial charge is 0.261 e. The molecule has 6 heteroatoms. The molecule has 3 aromatic carbocycles. The molecule has 39 heavy (non-hydrogen) atoms. The molecule has 4 rings (SSSR count). The largest absolute Gasteiger partial charge is 0.483 e. The first-order chi connectivity index (χ1) is 18.8. The molecule has 0 aromatic heterocycles. The Morgan fingerprint density at radius 2 is 1.67 bits per heavy atom. The predicted molar refractivity (Wildman–Crippen MR) is 157 cm³/mol. The Hall–Kier alpha value is -3.31. The van der Waals surface area contributed by atoms with Crippen molar-refractivity contribution in [2.24, 2.45) is 0 Å². The van der Waals surface area contributed by atoms with Gasteiger partial charge in [-0.3, -0.25) is 9.59 Å². The van der Waals surface area contributed by atoms with Crippen LogP contribution in [0.3, 0.4) is 0 Å². The molecule has 1 atom stereocenters. The molecule has 0 unspecified atom stereocenters. The van der Waals surface area contributed by atoms with Crippen molar-refractivity contribution in [3.8, 4) is 5.75 Å². The summed E-state index contributed by atoms with van der Waals surface area (Å²) in [5, 5.41) is 3.86. The Labute approximate surface area is 237 Å². The molecule has 1 aliphatic carbocycles. The molecular formula is C33H39ClN2O3. The first-order valence-electron chi connectivity index (χ1n) is 13.9. The average Bonchev–Trinajstić information content (AvgIpc) is 2.92. The van der Waals surface area contributed by atoms with Crippen molar-refractivity contribution in [3.63, 3.8) is 0 Å². The van der Waals surface area contributed by atoms with Crippen molar-refractivity contribution < 1.29 is 14.3 Å². The number of amides is 2. The van der Waals surface area contributed by atoms with E-state index >= 15 is 0 Å². The summed E-state index contributed by atoms with van der Waals surface area (Å²) in [5.74, 6) is 0.326. The molecule has 5 nitrogen and oxygen atoms in total. The van der Waals surface area contributed by atoms with Crippen molar-refractivity contribution >= 4 is 23.4 Å². The van der Waals surface area contributed by atoms with Gasteiger partial charge in [0.05, 0.1) is 0 Å². The third-order valence-electron chi connectivity index (χ3n) is 7.58. The fourth-order valence-electron chi connectivity index (χ4n) is 5.30. The Kier molecular flexibility index (Phi) is 10.0. The number of ether oxygens (including phenoxy) is 1. The highest BCUT2D eigenvalue weighted by Gasteiger charge is 2.32. The normalized spacial score (nSPS) is 14.5. The van der Waals surface area contributed by atoms with Gasteiger partial charge < -0.3 is 15.0 Å². The van der Waals surface area contributed by atoms with E-state index < -0.39 is 6.04 Å². The molecule has 2 amide bonds. The lowest BCUT2D eigenvalue weighted by molar-refractivity contribution is -0.143. The number of carbonyl (C=O) groups excluding carboxylic acids is 2. The summed E-state index contributed by atoms with van der Waals surface area (Å²) in [6.07, 6.45) is 5.79. The topological polar surface area (TPSA) is 58.6 Å². The fraction of sp³-hybridized carbons (Fsp3) is 0.394. The van der Waals surface area contributed by atoms with Crippen LogP contribution in [-0.4, -0.2) is 35.4 Å². The van der Waals surface area contributed by atoms with Gasteiger partial charge in [-0.1, -0.05) is 79.4 Å². The zero-order chi connectivity index (χ0) is 27.8. The van der Waals surface area contributed by atoms with Gasteiger partial charge in [0.25, 0.3) is 5.91 Å². The molecule has 0 radical (unpaired) electrons. The molecule has 1 fully saturated rings. The number of hydrogen-bond acceptors (Lipinski definition) is 3. The van der Waals surface area contributed by atoms with Crippen LogP contribution >= 0.6 is 11.6 Å². The highest BCUT2D eigenvalue weighted by atomic mass is 35.5. The summed E-state index contributed by atoms with van der Waals surface area (Å²) < 4.78 is 6.08. The summed E-state index contributed by atoms with van der Waals surface area (Å²) in [7, 11) is 0. The second-order valence-corrected chi connectivity index (χ2v) is 11.1. The summed E-state index contributed by atoms with van der Waals surface area (Å²) >= 11 is 6.29. The molecule has 0 saturated heterocycles. The van der Waals surface area contributed by atoms with Gasteiger partial charge in [0.2, 0.25) is 5.91 Å². The number of hydrogen-bond donors (Lipinski definition) is 1. The molecule has 0 spiro atoms. The number of carbonyl (C=O) groups is 2. The molecule has 206 valence electrons. The van der Waals surface area contributed by atoms with E-state index in [1.807, 2.05) is 75.4 Å². The van der Waals surface area contributed by atoms with Gasteiger partial charge in [-0.15, -0.1) is 0 Å². The first kappa shape index (κ1) is 28.7. The number of nitrogens with one attached hydrogen (secondary N) is 1. The van der Waals surface area contributed by atoms with Gasteiger partial charge in [-0.05, 0) is 79.6 Å². The molecule has 1 aliphatic rings. The van der Waals surface area contributed by atoms with E-state index in [0.717, 1.165) is 53.5 Å². The van der Waals surface area contributed by atoms with E-state index in [4.69, 9.17) is 16.3 Å². The molecule has 3 aromatic rings. The van der Waals surface area contributed by atoms with Gasteiger partial charge >= 0.3 is 0 Å². The van der Waals surface area contributed by atoms with Crippen molar-refractivity contribution in [2.75, 3.05) is 6.61 Å². The zero-order valence-electron chi connectivity index (χ0n) is 23.2. The van der Waals surface area contributed by atoms with Crippen molar-refractivity contribution in [1.29, 1.82) is 0 Å². The van der Waals surface area contributed by atoms with Crippen LogP contribution in [-0.2, 0) is 22.6 Å². The fourth-order valence-corrected chi connectivity index (χ4v) is 5.52. The van der Waals surface area contributed by atoms with Crippen LogP contribution in [0.5, 0.6) is 5.75 Å². The van der Waals surface area contributed by atoms with E-state index in [9.17, 15) is 9.59 Å². The summed E-state index contributed by atoms with van der Waals surface area (Å²) in [5.41, 5.74) is 5.05. The van der Waals surface area contributed by atoms with Gasteiger partial charge in [-0.25, -0.2) is 0 Å². The van der Waals surface area contributed by atoms with E-state index in [0.29, 0.717) is 17.2 Å². The zero-order valence-corrected chi connectivity index (χ0v) is 24.0. The van der Waals surface area contributed by atoms with Crippen molar-refractivity contribution in [1.82, 2.24) is 10.2 Å². The number of rotatable bonds is 10. The van der Waals surface area contributed by atoms with Crippen LogP contribution in [0.25, 0.3) is 0 Å². The highest BCUT2D eigenvalue weighted by Crippen LogP contribution is 2.24. The van der Waals surface area contributed by atoms with E-state index in [1.54, 1.807) is 11.0 Å². The maximum Gasteiger partial charge on any atom is 0.261 e. The lowest BCUT2D eigenvalue weighted by Crippen LogP contribution is -2.53. The van der Waals surface area contributed by atoms with Crippen molar-refractivity contribution in [2.45, 2.75) is 77.9 Å². The number of halogens is 1. The molecule has 0 heterocycles. The second-order valence-electron chi connectivity index (χ2n) is 10.7. The number of nitrogens with zero attached hydrogens (tertiary/aromatic N) is 1. The average molecular weight is 547 g/mol. The number of aryl methyl sites for hydroxylation is 2. The molecule has 1 N–H and O–H groups in total. The van der Waals surface area contributed by atoms with Crippen LogP contribution in [0.4, 0.5) is 0 Å². The minimum atomic E-state index is -0.690. The minimum Gasteiger partial charge on any atom is -0.483 e. The predicted octanol–water partition coefficient (Wildman–Crippen LogP) is 6.73. The minimum absolute atomic E-state index is 0.122. The highest BCUT2D eigenvalue weighted by molar-refractivity contribution is 6.30. The molecule has 1 saturated carbocycles. The molecular weight excluding hydrogens is 508 g/mol. The van der Waals surface area contributed by atoms with Crippen LogP contribution in [0.15, 0.2) is 66.7 Å². The second kappa shape index (κ2) is 13.7. The Morgan fingerprint density at radius 3 is 2.38 bits per heavy atom. The van der Waals surface area contributed by atoms with Gasteiger partial charge in [-0.2, -0.15) is 0 Å². The van der Waals surface area contributed by atoms with Crippen LogP contribution < -0.4 is 10.1 Å². The monoisotopic (exact) mass is 546 g/mol. The SMILES string of the molecule is Cc1cc(C)c(C)c(OCC(=O)N(Cc2cccc(Cl)c2)[C@@H](Cc2ccccc2)C(=O)NC2CCCCC2)c1. The molecule has 0 bridgehead atoms. The lowest BCUT2D eigenvalue weighted by atomic mass is 9.94. The third kappa shape index (κ3) is 8.09. The lowest BCUT2D eigenvalue weighted by Gasteiger charge is -2.33. The first-order valence-corrected chi connectivity index (χ1v) is 14.3. The Bertz CT molecular complexity index is 1270. The summed E-state index contributed by atoms with van der Waals surface area (Å²) in [4.78, 5) is 29.4. The van der Waals surface area contributed by atoms with Gasteiger partial charge in [0, 0.05) is 24.0 Å². The van der Waals surface area contributed by atoms with E-state index in [1.165, 1.54) is 6.42 Å². The van der Waals surface area contributed by atoms with E-state index in [-0.39, 0.29) is 31.0 Å². The van der Waals surface area contributed by atoms with Crippen LogP contribution in [0.1, 0.15) is 59.9 Å². The summed E-state index contributed by atoms with van der Waals surface area (Å²) in [6.45, 7) is 6.14. The molecule has 0 aliphatic heterocycles. The standard InChI is InChI=1S/C33H39ClN2O3/c1-23-17-24(2)25(3)31(18-23)39-22-32(37)36(21-27-13-10-14-28(34)19-27)30(20-26-11-6-4-7-12-26)33(38)35-29-15-8-5-9-16-29/h4,6-7,10-14,17-19,29-30H,5,8-9,15-16,20-22H2,1-3H3,(H,35,38)/t30-/m0/s1. The van der Waals surface area contributed by atoms with E-state index in [2.05, 4.69) is 11.4 Å². The maximum atomic E-state index is 13.9. The van der Waals surface area contributed by atoms with Gasteiger partial charge in [0.15, 0.2) is 6.61 Å². The van der Waals surface area contributed by atoms with Crippen LogP contribution in [0, 0.1) is 20.8 Å². The quantitative estimate of drug-likeness (QED) is 0.306. The third-order valence-corrected chi connectivity index (χ3v) is 7.81. The summed E-state index contributed by atoms with van der Waals surface area (Å²) in [6, 6.07) is 20.8. The number of benzene rings is 3. The van der Waals surface area contributed by atoms with Crippen LogP contribution in [0.2, 0.25) is 5.02 Å². The van der Waals surface area contributed by atoms with Gasteiger partial charge in [0.1, 0.15) is 11.8 Å². The van der Waals surface area contributed by atoms with Crippen molar-refractivity contribution in [3.05, 3.63) is 99.6 Å². The Balaban J connectivity index is 1.63.